The van der Waals surface area contributed by atoms with Gasteiger partial charge in [-0.05, 0) is 28.1 Å². The number of benzene rings is 1. The van der Waals surface area contributed by atoms with Crippen LogP contribution in [0.4, 0.5) is 27.6 Å². The van der Waals surface area contributed by atoms with Crippen molar-refractivity contribution in [3.05, 3.63) is 37.4 Å². The molecule has 3 nitrogen and oxygen atoms in total. The molecule has 0 spiro atoms. The molecule has 0 radical (unpaired) electrons. The highest BCUT2D eigenvalue weighted by atomic mass is 79.9. The highest BCUT2D eigenvalue weighted by Gasteiger charge is 2.43. The second kappa shape index (κ2) is 7.66. The summed E-state index contributed by atoms with van der Waals surface area (Å²) in [6.07, 6.45) is -4.70. The van der Waals surface area contributed by atoms with E-state index in [1.807, 2.05) is 0 Å². The van der Waals surface area contributed by atoms with Gasteiger partial charge in [0.05, 0.1) is 32.4 Å². The average Bonchev–Trinajstić information content (AvgIpc) is 2.69. The Bertz CT molecular complexity index is 744. The maximum atomic E-state index is 12.9. The lowest BCUT2D eigenvalue weighted by Crippen LogP contribution is -2.37. The summed E-state index contributed by atoms with van der Waals surface area (Å²) in [4.78, 5) is 0. The van der Waals surface area contributed by atoms with E-state index in [1.165, 1.54) is 0 Å². The lowest BCUT2D eigenvalue weighted by Gasteiger charge is -2.31. The van der Waals surface area contributed by atoms with Crippen molar-refractivity contribution < 1.29 is 22.0 Å². The number of hydrogen-bond donors (Lipinski definition) is 0. The molecule has 13 heteroatoms. The van der Waals surface area contributed by atoms with Crippen molar-refractivity contribution in [2.45, 2.75) is 18.0 Å². The molecular formula is C12H4BrCl3F5N3S. The molecule has 1 aliphatic heterocycles. The predicted molar refractivity (Wildman–Crippen MR) is 90.6 cm³/mol. The summed E-state index contributed by atoms with van der Waals surface area (Å²) in [5, 5.41) is 9.02. The number of halogens is 9. The summed E-state index contributed by atoms with van der Waals surface area (Å²) in [7, 11) is 0. The second-order valence-electron chi connectivity index (χ2n) is 4.44. The molecule has 1 aromatic rings. The molecule has 1 unspecified atom stereocenters. The highest BCUT2D eigenvalue weighted by Crippen LogP contribution is 2.49. The van der Waals surface area contributed by atoms with Crippen LogP contribution >= 0.6 is 62.7 Å². The van der Waals surface area contributed by atoms with Crippen LogP contribution in [0.15, 0.2) is 21.8 Å². The number of anilines is 1. The van der Waals surface area contributed by atoms with E-state index in [-0.39, 0.29) is 27.3 Å². The largest absolute Gasteiger partial charge is 0.416 e. The summed E-state index contributed by atoms with van der Waals surface area (Å²) in [6, 6.07) is 1.60. The molecule has 2 rings (SSSR count). The summed E-state index contributed by atoms with van der Waals surface area (Å²) in [5.41, 5.74) is -1.34. The Labute approximate surface area is 166 Å². The monoisotopic (exact) mass is 501 g/mol. The number of hydrazine groups is 1. The number of alkyl halides is 5. The molecule has 0 saturated heterocycles. The van der Waals surface area contributed by atoms with E-state index in [0.717, 1.165) is 9.42 Å². The van der Waals surface area contributed by atoms with E-state index >= 15 is 0 Å². The van der Waals surface area contributed by atoms with Crippen molar-refractivity contribution in [2.75, 3.05) is 5.01 Å². The third-order valence-corrected chi connectivity index (χ3v) is 5.61. The van der Waals surface area contributed by atoms with Gasteiger partial charge in [0.15, 0.2) is 6.04 Å². The topological polar surface area (TPSA) is 30.3 Å². The SMILES string of the molecule is N#CC1C(Cl)=C(Br)N(c2c(Cl)cc(C(F)(F)F)cc2Cl)N1SC(F)F. The van der Waals surface area contributed by atoms with Gasteiger partial charge >= 0.3 is 6.18 Å². The standard InChI is InChI=1S/C12H4BrCl3F5N3S/c13-10-8(16)7(3-22)24(25-11(17)18)23(10)9-5(14)1-4(2-6(9)15)12(19,20)21/h1-2,7,11H. The number of nitriles is 1. The second-order valence-corrected chi connectivity index (χ2v) is 7.35. The maximum Gasteiger partial charge on any atom is 0.416 e. The summed E-state index contributed by atoms with van der Waals surface area (Å²) in [5.74, 6) is -2.94. The van der Waals surface area contributed by atoms with Gasteiger partial charge in [0.25, 0.3) is 5.76 Å². The van der Waals surface area contributed by atoms with Crippen LogP contribution < -0.4 is 5.01 Å². The summed E-state index contributed by atoms with van der Waals surface area (Å²) < 4.78 is 64.9. The van der Waals surface area contributed by atoms with Crippen LogP contribution in [0.25, 0.3) is 0 Å². The molecule has 0 bridgehead atoms. The van der Waals surface area contributed by atoms with Gasteiger partial charge in [-0.15, -0.1) is 4.41 Å². The zero-order valence-electron chi connectivity index (χ0n) is 11.5. The molecule has 0 amide bonds. The van der Waals surface area contributed by atoms with E-state index < -0.39 is 33.6 Å². The van der Waals surface area contributed by atoms with Crippen molar-refractivity contribution >= 4 is 68.4 Å². The Morgan fingerprint density at radius 2 is 1.72 bits per heavy atom. The Morgan fingerprint density at radius 3 is 2.12 bits per heavy atom. The van der Waals surface area contributed by atoms with Crippen molar-refractivity contribution in [1.29, 1.82) is 5.26 Å². The van der Waals surface area contributed by atoms with Gasteiger partial charge in [0, 0.05) is 11.9 Å². The van der Waals surface area contributed by atoms with Gasteiger partial charge in [0.1, 0.15) is 4.61 Å². The summed E-state index contributed by atoms with van der Waals surface area (Å²) >= 11 is 20.7. The Morgan fingerprint density at radius 1 is 1.20 bits per heavy atom. The van der Waals surface area contributed by atoms with Crippen molar-refractivity contribution in [1.82, 2.24) is 4.41 Å². The normalized spacial score (nSPS) is 19.1. The van der Waals surface area contributed by atoms with Gasteiger partial charge < -0.3 is 0 Å². The Balaban J connectivity index is 2.60. The van der Waals surface area contributed by atoms with Gasteiger partial charge in [-0.2, -0.15) is 27.2 Å². The van der Waals surface area contributed by atoms with Gasteiger partial charge in [-0.25, -0.2) is 0 Å². The van der Waals surface area contributed by atoms with E-state index in [9.17, 15) is 22.0 Å². The van der Waals surface area contributed by atoms with Gasteiger partial charge in [0.2, 0.25) is 0 Å². The lowest BCUT2D eigenvalue weighted by molar-refractivity contribution is -0.137. The maximum absolute atomic E-state index is 12.9. The molecule has 0 fully saturated rings. The fourth-order valence-electron chi connectivity index (χ4n) is 1.94. The van der Waals surface area contributed by atoms with Crippen LogP contribution in [-0.4, -0.2) is 16.2 Å². The van der Waals surface area contributed by atoms with E-state index in [1.54, 1.807) is 6.07 Å². The van der Waals surface area contributed by atoms with Crippen molar-refractivity contribution in [3.8, 4) is 6.07 Å². The molecule has 0 N–H and O–H groups in total. The minimum Gasteiger partial charge on any atom is -0.251 e. The number of nitrogens with zero attached hydrogens (tertiary/aromatic N) is 3. The minimum atomic E-state index is -4.70. The van der Waals surface area contributed by atoms with Crippen LogP contribution in [0.1, 0.15) is 5.56 Å². The van der Waals surface area contributed by atoms with Gasteiger partial charge in [-0.3, -0.25) is 5.01 Å². The third kappa shape index (κ3) is 4.12. The van der Waals surface area contributed by atoms with Gasteiger partial charge in [-0.1, -0.05) is 34.8 Å². The zero-order valence-corrected chi connectivity index (χ0v) is 16.1. The predicted octanol–water partition coefficient (Wildman–Crippen LogP) is 6.61. The quantitative estimate of drug-likeness (QED) is 0.264. The molecule has 1 heterocycles. The fraction of sp³-hybridized carbons (Fsp3) is 0.250. The van der Waals surface area contributed by atoms with Crippen LogP contribution in [0.5, 0.6) is 0 Å². The molecule has 1 atom stereocenters. The van der Waals surface area contributed by atoms with Crippen LogP contribution in [0.3, 0.4) is 0 Å². The molecule has 136 valence electrons. The molecule has 1 aromatic carbocycles. The molecule has 0 aliphatic carbocycles. The van der Waals surface area contributed by atoms with E-state index in [4.69, 9.17) is 40.1 Å². The average molecular weight is 504 g/mol. The first kappa shape index (κ1) is 20.9. The molecule has 0 aromatic heterocycles. The van der Waals surface area contributed by atoms with Crippen LogP contribution in [-0.2, 0) is 6.18 Å². The van der Waals surface area contributed by atoms with Crippen LogP contribution in [0.2, 0.25) is 10.0 Å². The molecule has 1 aliphatic rings. The van der Waals surface area contributed by atoms with Crippen LogP contribution in [0, 0.1) is 11.3 Å². The Kier molecular flexibility index (Phi) is 6.40. The Hall–Kier alpha value is -0.440. The van der Waals surface area contributed by atoms with E-state index in [0.29, 0.717) is 12.1 Å². The van der Waals surface area contributed by atoms with Crippen molar-refractivity contribution in [2.24, 2.45) is 0 Å². The minimum absolute atomic E-state index is 0.0441. The number of rotatable bonds is 3. The molecule has 0 saturated carbocycles. The first-order valence-corrected chi connectivity index (χ1v) is 8.80. The number of hydrogen-bond acceptors (Lipinski definition) is 4. The molecule has 25 heavy (non-hydrogen) atoms. The smallest absolute Gasteiger partial charge is 0.251 e. The zero-order chi connectivity index (χ0) is 19.1. The fourth-order valence-corrected chi connectivity index (χ4v) is 4.23. The first-order chi connectivity index (χ1) is 11.5. The summed E-state index contributed by atoms with van der Waals surface area (Å²) in [6.45, 7) is 0. The first-order valence-electron chi connectivity index (χ1n) is 6.04. The highest BCUT2D eigenvalue weighted by molar-refractivity contribution is 9.11. The molecular weight excluding hydrogens is 499 g/mol. The van der Waals surface area contributed by atoms with E-state index in [2.05, 4.69) is 15.9 Å². The third-order valence-electron chi connectivity index (χ3n) is 2.91. The van der Waals surface area contributed by atoms with Crippen molar-refractivity contribution in [3.63, 3.8) is 0 Å². The lowest BCUT2D eigenvalue weighted by atomic mass is 10.2.